The molecule has 0 bridgehead atoms. The SMILES string of the molecule is CC1(C)c2cc3c4ccccc4n(-c4ccccc4)c3cc2N(c2cccc(OC3=CC4c5nccn5-c5ccccc5C4C=C3)c2)c2ncccc21. The Balaban J connectivity index is 1.04. The van der Waals surface area contributed by atoms with Crippen molar-refractivity contribution >= 4 is 39.0 Å². The van der Waals surface area contributed by atoms with E-state index in [1.165, 1.54) is 38.7 Å². The Morgan fingerprint density at radius 3 is 2.40 bits per heavy atom. The quantitative estimate of drug-likeness (QED) is 0.185. The Bertz CT molecular complexity index is 2820. The number of allylic oxidation sites excluding steroid dienone is 3. The Morgan fingerprint density at radius 1 is 0.642 bits per heavy atom. The van der Waals surface area contributed by atoms with Crippen LogP contribution in [0.25, 0.3) is 33.2 Å². The highest BCUT2D eigenvalue weighted by Crippen LogP contribution is 2.53. The van der Waals surface area contributed by atoms with Crippen LogP contribution in [0.4, 0.5) is 17.2 Å². The molecule has 0 fully saturated rings. The molecule has 3 aromatic heterocycles. The van der Waals surface area contributed by atoms with Crippen molar-refractivity contribution in [3.63, 3.8) is 0 Å². The molecule has 254 valence electrons. The average molecular weight is 686 g/mol. The largest absolute Gasteiger partial charge is 0.458 e. The van der Waals surface area contributed by atoms with E-state index < -0.39 is 0 Å². The molecule has 3 aliphatic rings. The molecule has 11 rings (SSSR count). The zero-order valence-corrected chi connectivity index (χ0v) is 29.4. The molecular formula is C47H35N5O. The zero-order valence-electron chi connectivity index (χ0n) is 29.4. The summed E-state index contributed by atoms with van der Waals surface area (Å²) in [5.74, 6) is 3.82. The fourth-order valence-electron chi connectivity index (χ4n) is 8.96. The van der Waals surface area contributed by atoms with Gasteiger partial charge in [-0.3, -0.25) is 4.90 Å². The molecule has 2 unspecified atom stereocenters. The number of aromatic nitrogens is 4. The average Bonchev–Trinajstić information content (AvgIpc) is 3.82. The second-order valence-corrected chi connectivity index (χ2v) is 14.7. The van der Waals surface area contributed by atoms with Crippen molar-refractivity contribution in [3.8, 4) is 17.1 Å². The number of hydrogen-bond acceptors (Lipinski definition) is 4. The summed E-state index contributed by atoms with van der Waals surface area (Å²) in [6, 6.07) is 45.4. The van der Waals surface area contributed by atoms with Crippen molar-refractivity contribution in [2.24, 2.45) is 0 Å². The van der Waals surface area contributed by atoms with Crippen LogP contribution in [0.15, 0.2) is 170 Å². The fraction of sp³-hybridized carbons (Fsp3) is 0.106. The summed E-state index contributed by atoms with van der Waals surface area (Å²) in [4.78, 5) is 12.1. The van der Waals surface area contributed by atoms with Gasteiger partial charge in [0.15, 0.2) is 0 Å². The van der Waals surface area contributed by atoms with Crippen molar-refractivity contribution in [2.45, 2.75) is 31.1 Å². The van der Waals surface area contributed by atoms with E-state index in [2.05, 4.69) is 168 Å². The summed E-state index contributed by atoms with van der Waals surface area (Å²) in [6.45, 7) is 4.63. The van der Waals surface area contributed by atoms with Gasteiger partial charge >= 0.3 is 0 Å². The van der Waals surface area contributed by atoms with Gasteiger partial charge in [-0.15, -0.1) is 0 Å². The first-order valence-corrected chi connectivity index (χ1v) is 18.2. The monoisotopic (exact) mass is 685 g/mol. The van der Waals surface area contributed by atoms with E-state index in [1.54, 1.807) is 0 Å². The van der Waals surface area contributed by atoms with Crippen molar-refractivity contribution < 1.29 is 4.74 Å². The Morgan fingerprint density at radius 2 is 1.47 bits per heavy atom. The van der Waals surface area contributed by atoms with E-state index in [9.17, 15) is 0 Å². The molecule has 5 aromatic carbocycles. The van der Waals surface area contributed by atoms with Crippen LogP contribution in [-0.2, 0) is 5.41 Å². The number of nitrogens with zero attached hydrogens (tertiary/aromatic N) is 5. The number of rotatable bonds is 4. The molecule has 2 atom stereocenters. The van der Waals surface area contributed by atoms with E-state index in [4.69, 9.17) is 14.7 Å². The molecule has 0 amide bonds. The number of para-hydroxylation sites is 3. The normalized spacial score (nSPS) is 17.8. The van der Waals surface area contributed by atoms with Crippen molar-refractivity contribution in [1.29, 1.82) is 0 Å². The molecule has 0 spiro atoms. The predicted octanol–water partition coefficient (Wildman–Crippen LogP) is 11.2. The number of hydrogen-bond donors (Lipinski definition) is 0. The van der Waals surface area contributed by atoms with Crippen LogP contribution in [0.5, 0.6) is 5.75 Å². The molecule has 0 saturated carbocycles. The second-order valence-electron chi connectivity index (χ2n) is 14.7. The predicted molar refractivity (Wildman–Crippen MR) is 212 cm³/mol. The van der Waals surface area contributed by atoms with Crippen LogP contribution >= 0.6 is 0 Å². The molecule has 2 aliphatic heterocycles. The highest BCUT2D eigenvalue weighted by atomic mass is 16.5. The van der Waals surface area contributed by atoms with Crippen molar-refractivity contribution in [3.05, 3.63) is 192 Å². The summed E-state index contributed by atoms with van der Waals surface area (Å²) in [7, 11) is 0. The maximum Gasteiger partial charge on any atom is 0.141 e. The molecule has 0 radical (unpaired) electrons. The smallest absolute Gasteiger partial charge is 0.141 e. The van der Waals surface area contributed by atoms with Gasteiger partial charge in [-0.05, 0) is 77.9 Å². The summed E-state index contributed by atoms with van der Waals surface area (Å²) >= 11 is 0. The number of imidazole rings is 1. The van der Waals surface area contributed by atoms with Crippen LogP contribution in [0.2, 0.25) is 0 Å². The van der Waals surface area contributed by atoms with Gasteiger partial charge in [0, 0.05) is 63.9 Å². The Hall–Kier alpha value is -6.66. The van der Waals surface area contributed by atoms with Gasteiger partial charge in [0.25, 0.3) is 0 Å². The lowest BCUT2D eigenvalue weighted by molar-refractivity contribution is 0.431. The van der Waals surface area contributed by atoms with Gasteiger partial charge in [-0.2, -0.15) is 0 Å². The van der Waals surface area contributed by atoms with Gasteiger partial charge in [0.2, 0.25) is 0 Å². The number of fused-ring (bicyclic) bond motifs is 11. The fourth-order valence-corrected chi connectivity index (χ4v) is 8.96. The third-order valence-corrected chi connectivity index (χ3v) is 11.4. The van der Waals surface area contributed by atoms with Crippen molar-refractivity contribution in [1.82, 2.24) is 19.1 Å². The van der Waals surface area contributed by atoms with Gasteiger partial charge in [-0.25, -0.2) is 9.97 Å². The van der Waals surface area contributed by atoms with E-state index in [0.29, 0.717) is 0 Å². The third-order valence-electron chi connectivity index (χ3n) is 11.4. The first kappa shape index (κ1) is 30.0. The van der Waals surface area contributed by atoms with E-state index >= 15 is 0 Å². The zero-order chi connectivity index (χ0) is 35.3. The van der Waals surface area contributed by atoms with Crippen LogP contribution in [0, 0.1) is 0 Å². The first-order chi connectivity index (χ1) is 26.0. The molecule has 1 aliphatic carbocycles. The standard InChI is InChI=1S/C47H35N5O/c1-47(2)39-18-11-23-48-46(39)52(44-29-43-37(28-40(44)47)36-17-7-9-20-42(36)51(43)30-12-4-3-5-13-30)31-14-10-15-32(26-31)53-33-21-22-34-35-16-6-8-19-41(35)50-25-24-49-45(50)38(34)27-33/h3-29,34,38H,1-2H3. The summed E-state index contributed by atoms with van der Waals surface area (Å²) < 4.78 is 11.3. The first-order valence-electron chi connectivity index (χ1n) is 18.2. The minimum atomic E-state index is -0.285. The highest BCUT2D eigenvalue weighted by molar-refractivity contribution is 6.11. The van der Waals surface area contributed by atoms with Gasteiger partial charge in [0.05, 0.1) is 28.1 Å². The van der Waals surface area contributed by atoms with Crippen LogP contribution in [0.3, 0.4) is 0 Å². The molecule has 0 saturated heterocycles. The second kappa shape index (κ2) is 11.2. The van der Waals surface area contributed by atoms with Crippen LogP contribution < -0.4 is 9.64 Å². The lowest BCUT2D eigenvalue weighted by atomic mass is 9.74. The summed E-state index contributed by atoms with van der Waals surface area (Å²) in [5, 5.41) is 2.48. The molecular weight excluding hydrogens is 651 g/mol. The van der Waals surface area contributed by atoms with Crippen LogP contribution in [-0.4, -0.2) is 19.1 Å². The third kappa shape index (κ3) is 4.39. The summed E-state index contributed by atoms with van der Waals surface area (Å²) in [5.41, 5.74) is 10.2. The molecule has 6 nitrogen and oxygen atoms in total. The van der Waals surface area contributed by atoms with E-state index in [1.807, 2.05) is 24.5 Å². The summed E-state index contributed by atoms with van der Waals surface area (Å²) in [6.07, 6.45) is 12.4. The minimum Gasteiger partial charge on any atom is -0.458 e. The number of benzene rings is 5. The van der Waals surface area contributed by atoms with Gasteiger partial charge in [-0.1, -0.05) is 86.7 Å². The number of anilines is 3. The molecule has 53 heavy (non-hydrogen) atoms. The lowest BCUT2D eigenvalue weighted by Crippen LogP contribution is -2.31. The van der Waals surface area contributed by atoms with E-state index in [-0.39, 0.29) is 17.3 Å². The minimum absolute atomic E-state index is 0.0779. The van der Waals surface area contributed by atoms with Crippen molar-refractivity contribution in [2.75, 3.05) is 4.90 Å². The molecule has 6 heteroatoms. The Kier molecular flexibility index (Phi) is 6.32. The maximum absolute atomic E-state index is 6.71. The Labute approximate surface area is 307 Å². The number of ether oxygens (including phenoxy) is 1. The lowest BCUT2D eigenvalue weighted by Gasteiger charge is -2.41. The van der Waals surface area contributed by atoms with Gasteiger partial charge < -0.3 is 13.9 Å². The molecule has 8 aromatic rings. The highest BCUT2D eigenvalue weighted by Gasteiger charge is 2.39. The van der Waals surface area contributed by atoms with E-state index in [0.717, 1.165) is 45.7 Å². The molecule has 5 heterocycles. The maximum atomic E-state index is 6.71. The topological polar surface area (TPSA) is 48.1 Å². The number of pyridine rings is 1. The van der Waals surface area contributed by atoms with Crippen LogP contribution in [0.1, 0.15) is 48.2 Å². The van der Waals surface area contributed by atoms with Gasteiger partial charge in [0.1, 0.15) is 23.2 Å². The molecule has 0 N–H and O–H groups in total.